The summed E-state index contributed by atoms with van der Waals surface area (Å²) in [4.78, 5) is 26.7. The maximum Gasteiger partial charge on any atom is 0.293 e. The molecule has 8 heteroatoms. The summed E-state index contributed by atoms with van der Waals surface area (Å²) < 4.78 is 5.78. The fraction of sp³-hybridized carbons (Fsp3) is 0.0833. The Morgan fingerprint density at radius 1 is 0.844 bits per heavy atom. The van der Waals surface area contributed by atoms with Crippen LogP contribution in [0.5, 0.6) is 5.75 Å². The summed E-state index contributed by atoms with van der Waals surface area (Å²) in [6.07, 6.45) is 1.64. The van der Waals surface area contributed by atoms with Gasteiger partial charge in [0.2, 0.25) is 0 Å². The topological polar surface area (TPSA) is 46.6 Å². The van der Waals surface area contributed by atoms with E-state index < -0.39 is 0 Å². The van der Waals surface area contributed by atoms with Gasteiger partial charge in [0.05, 0.1) is 16.5 Å². The number of carbonyl (C=O) groups is 2. The van der Waals surface area contributed by atoms with Crippen LogP contribution in [0.1, 0.15) is 16.7 Å². The first-order valence-electron chi connectivity index (χ1n) is 9.57. The molecule has 1 saturated heterocycles. The minimum absolute atomic E-state index is 0.122. The summed E-state index contributed by atoms with van der Waals surface area (Å²) in [7, 11) is 0. The zero-order valence-electron chi connectivity index (χ0n) is 16.6. The number of ether oxygens (including phenoxy) is 1. The van der Waals surface area contributed by atoms with Crippen molar-refractivity contribution < 1.29 is 14.3 Å². The van der Waals surface area contributed by atoms with Crippen molar-refractivity contribution in [3.8, 4) is 5.75 Å². The lowest BCUT2D eigenvalue weighted by Gasteiger charge is -2.13. The van der Waals surface area contributed by atoms with Crippen LogP contribution in [0.3, 0.4) is 0 Å². The molecule has 0 aromatic heterocycles. The maximum atomic E-state index is 12.8. The molecule has 4 nitrogen and oxygen atoms in total. The first kappa shape index (κ1) is 22.7. The van der Waals surface area contributed by atoms with Gasteiger partial charge in [-0.15, -0.1) is 0 Å². The van der Waals surface area contributed by atoms with Crippen molar-refractivity contribution in [3.63, 3.8) is 0 Å². The van der Waals surface area contributed by atoms with E-state index in [1.54, 1.807) is 48.5 Å². The lowest BCUT2D eigenvalue weighted by Crippen LogP contribution is -2.27. The first-order valence-corrected chi connectivity index (χ1v) is 11.5. The second-order valence-electron chi connectivity index (χ2n) is 6.93. The molecule has 0 atom stereocenters. The molecule has 32 heavy (non-hydrogen) atoms. The van der Waals surface area contributed by atoms with E-state index in [0.717, 1.165) is 17.3 Å². The number of carbonyl (C=O) groups excluding carboxylic acids is 2. The van der Waals surface area contributed by atoms with Crippen molar-refractivity contribution in [3.05, 3.63) is 103 Å². The molecular weight excluding hydrogens is 489 g/mol. The Morgan fingerprint density at radius 3 is 2.16 bits per heavy atom. The van der Waals surface area contributed by atoms with Crippen molar-refractivity contribution in [1.82, 2.24) is 4.90 Å². The van der Waals surface area contributed by atoms with Crippen LogP contribution in [-0.4, -0.2) is 16.0 Å². The van der Waals surface area contributed by atoms with Crippen molar-refractivity contribution in [1.29, 1.82) is 0 Å². The number of hydrogen-bond donors (Lipinski definition) is 0. The van der Waals surface area contributed by atoms with Gasteiger partial charge in [-0.3, -0.25) is 14.5 Å². The molecule has 0 N–H and O–H groups in total. The summed E-state index contributed by atoms with van der Waals surface area (Å²) in [5.41, 5.74) is 2.24. The maximum absolute atomic E-state index is 12.8. The van der Waals surface area contributed by atoms with Crippen LogP contribution in [0.15, 0.2) is 71.6 Å². The first-order chi connectivity index (χ1) is 15.4. The van der Waals surface area contributed by atoms with E-state index in [4.69, 9.17) is 39.5 Å². The third kappa shape index (κ3) is 5.13. The highest BCUT2D eigenvalue weighted by Crippen LogP contribution is 2.35. The van der Waals surface area contributed by atoms with Gasteiger partial charge in [0.15, 0.2) is 0 Å². The summed E-state index contributed by atoms with van der Waals surface area (Å²) in [6, 6.07) is 19.7. The van der Waals surface area contributed by atoms with Crippen molar-refractivity contribution in [2.45, 2.75) is 13.2 Å². The number of halogens is 3. The van der Waals surface area contributed by atoms with E-state index >= 15 is 0 Å². The quantitative estimate of drug-likeness (QED) is 0.327. The lowest BCUT2D eigenvalue weighted by atomic mass is 10.2. The van der Waals surface area contributed by atoms with Gasteiger partial charge in [0, 0.05) is 15.6 Å². The van der Waals surface area contributed by atoms with E-state index in [1.165, 1.54) is 4.90 Å². The number of imide groups is 1. The molecule has 1 aliphatic rings. The van der Waals surface area contributed by atoms with E-state index in [-0.39, 0.29) is 24.3 Å². The number of rotatable bonds is 6. The van der Waals surface area contributed by atoms with Crippen molar-refractivity contribution in [2.75, 3.05) is 0 Å². The van der Waals surface area contributed by atoms with Gasteiger partial charge in [-0.2, -0.15) is 0 Å². The summed E-state index contributed by atoms with van der Waals surface area (Å²) in [5, 5.41) is 1.18. The Balaban J connectivity index is 1.47. The normalized spacial score (nSPS) is 15.0. The van der Waals surface area contributed by atoms with Crippen LogP contribution >= 0.6 is 46.6 Å². The van der Waals surface area contributed by atoms with Gasteiger partial charge in [0.25, 0.3) is 11.1 Å². The van der Waals surface area contributed by atoms with Gasteiger partial charge >= 0.3 is 0 Å². The van der Waals surface area contributed by atoms with Gasteiger partial charge in [-0.25, -0.2) is 0 Å². The summed E-state index contributed by atoms with van der Waals surface area (Å²) in [6.45, 7) is 0.400. The number of benzene rings is 3. The summed E-state index contributed by atoms with van der Waals surface area (Å²) >= 11 is 19.6. The third-order valence-electron chi connectivity index (χ3n) is 4.75. The van der Waals surface area contributed by atoms with E-state index in [0.29, 0.717) is 36.8 Å². The molecule has 3 aromatic carbocycles. The zero-order valence-corrected chi connectivity index (χ0v) is 19.6. The van der Waals surface area contributed by atoms with Gasteiger partial charge in [0.1, 0.15) is 12.4 Å². The predicted molar refractivity (Wildman–Crippen MR) is 130 cm³/mol. The van der Waals surface area contributed by atoms with E-state index in [9.17, 15) is 9.59 Å². The molecule has 4 rings (SSSR count). The van der Waals surface area contributed by atoms with Crippen LogP contribution in [0, 0.1) is 0 Å². The zero-order chi connectivity index (χ0) is 22.7. The number of thioether (sulfide) groups is 1. The van der Waals surface area contributed by atoms with E-state index in [2.05, 4.69) is 0 Å². The largest absolute Gasteiger partial charge is 0.487 e. The van der Waals surface area contributed by atoms with Gasteiger partial charge < -0.3 is 4.74 Å². The monoisotopic (exact) mass is 503 g/mol. The van der Waals surface area contributed by atoms with Crippen molar-refractivity contribution >= 4 is 63.8 Å². The van der Waals surface area contributed by atoms with Crippen LogP contribution in [-0.2, 0) is 17.9 Å². The van der Waals surface area contributed by atoms with Crippen LogP contribution < -0.4 is 4.74 Å². The lowest BCUT2D eigenvalue weighted by molar-refractivity contribution is -0.123. The average Bonchev–Trinajstić information content (AvgIpc) is 3.03. The Hall–Kier alpha value is -2.44. The predicted octanol–water partition coefficient (Wildman–Crippen LogP) is 7.46. The average molecular weight is 505 g/mol. The summed E-state index contributed by atoms with van der Waals surface area (Å²) in [5.74, 6) is 0.130. The standard InChI is InChI=1S/C24H16Cl3NO3S/c25-18-7-3-1-5-16(18)13-28-23(29)22(32-24(28)30)12-15-9-10-21(20(27)11-15)31-14-17-6-2-4-8-19(17)26/h1-12H,13-14H2/b22-12-. The van der Waals surface area contributed by atoms with Crippen LogP contribution in [0.25, 0.3) is 6.08 Å². The minimum atomic E-state index is -0.366. The Kier molecular flexibility index (Phi) is 7.11. The fourth-order valence-corrected chi connectivity index (χ4v) is 4.55. The molecule has 0 aliphatic carbocycles. The molecular formula is C24H16Cl3NO3S. The van der Waals surface area contributed by atoms with Crippen LogP contribution in [0.2, 0.25) is 15.1 Å². The molecule has 162 valence electrons. The number of amides is 2. The molecule has 0 radical (unpaired) electrons. The van der Waals surface area contributed by atoms with Gasteiger partial charge in [-0.05, 0) is 53.2 Å². The highest BCUT2D eigenvalue weighted by Gasteiger charge is 2.35. The second kappa shape index (κ2) is 10.0. The fourth-order valence-electron chi connectivity index (χ4n) is 3.08. The molecule has 0 bridgehead atoms. The van der Waals surface area contributed by atoms with Crippen molar-refractivity contribution in [2.24, 2.45) is 0 Å². The van der Waals surface area contributed by atoms with E-state index in [1.807, 2.05) is 24.3 Å². The molecule has 0 unspecified atom stereocenters. The Bertz CT molecular complexity index is 1230. The van der Waals surface area contributed by atoms with Crippen LogP contribution in [0.4, 0.5) is 4.79 Å². The molecule has 2 amide bonds. The highest BCUT2D eigenvalue weighted by molar-refractivity contribution is 8.18. The molecule has 1 fully saturated rings. The second-order valence-corrected chi connectivity index (χ2v) is 9.14. The highest BCUT2D eigenvalue weighted by atomic mass is 35.5. The molecule has 0 spiro atoms. The Morgan fingerprint density at radius 2 is 1.50 bits per heavy atom. The number of nitrogens with zero attached hydrogens (tertiary/aromatic N) is 1. The molecule has 1 aliphatic heterocycles. The SMILES string of the molecule is O=C1S/C(=C\c2ccc(OCc3ccccc3Cl)c(Cl)c2)C(=O)N1Cc1ccccc1Cl. The minimum Gasteiger partial charge on any atom is -0.487 e. The molecule has 0 saturated carbocycles. The molecule has 3 aromatic rings. The third-order valence-corrected chi connectivity index (χ3v) is 6.69. The number of hydrogen-bond acceptors (Lipinski definition) is 4. The smallest absolute Gasteiger partial charge is 0.293 e. The van der Waals surface area contributed by atoms with Gasteiger partial charge in [-0.1, -0.05) is 77.3 Å². The molecule has 1 heterocycles. The Labute approximate surface area is 204 Å².